The number of pyridine rings is 1. The minimum Gasteiger partial charge on any atom is -0.468 e. The van der Waals surface area contributed by atoms with Crippen LogP contribution in [0.2, 0.25) is 0 Å². The Labute approximate surface area is 165 Å². The van der Waals surface area contributed by atoms with Crippen molar-refractivity contribution >= 4 is 23.5 Å². The number of ether oxygens (including phenoxy) is 1. The first-order valence-electron chi connectivity index (χ1n) is 9.18. The molecule has 4 amide bonds. The van der Waals surface area contributed by atoms with Gasteiger partial charge in [0.25, 0.3) is 5.91 Å². The van der Waals surface area contributed by atoms with E-state index in [4.69, 9.17) is 0 Å². The summed E-state index contributed by atoms with van der Waals surface area (Å²) in [5.74, 6) is -1.22. The molecule has 0 atom stereocenters. The molecule has 1 N–H and O–H groups in total. The van der Waals surface area contributed by atoms with Crippen LogP contribution in [0.5, 0.6) is 5.88 Å². The third kappa shape index (κ3) is 4.43. The first kappa shape index (κ1) is 20.9. The Bertz CT molecular complexity index is 791. The van der Waals surface area contributed by atoms with Crippen molar-refractivity contribution in [2.24, 2.45) is 0 Å². The van der Waals surface area contributed by atoms with E-state index in [2.05, 4.69) is 15.0 Å². The number of carbonyl (C=O) groups is 3. The van der Waals surface area contributed by atoms with Crippen molar-refractivity contribution in [2.45, 2.75) is 43.8 Å². The summed E-state index contributed by atoms with van der Waals surface area (Å²) in [5, 5.41) is 2.47. The maximum absolute atomic E-state index is 12.9. The molecule has 1 aliphatic heterocycles. The molecule has 1 saturated carbocycles. The van der Waals surface area contributed by atoms with E-state index in [9.17, 15) is 27.6 Å². The average molecular weight is 414 g/mol. The average Bonchev–Trinajstić information content (AvgIpc) is 2.84. The first-order valence-corrected chi connectivity index (χ1v) is 9.18. The molecule has 1 spiro atoms. The summed E-state index contributed by atoms with van der Waals surface area (Å²) in [7, 11) is 1.58. The van der Waals surface area contributed by atoms with Crippen LogP contribution >= 0.6 is 0 Å². The molecule has 1 aromatic rings. The molecule has 1 saturated heterocycles. The Morgan fingerprint density at radius 2 is 1.93 bits per heavy atom. The van der Waals surface area contributed by atoms with E-state index in [1.165, 1.54) is 17.0 Å². The second-order valence-electron chi connectivity index (χ2n) is 7.16. The van der Waals surface area contributed by atoms with Gasteiger partial charge in [0.2, 0.25) is 11.8 Å². The van der Waals surface area contributed by atoms with Crippen LogP contribution in [0.15, 0.2) is 18.3 Å². The zero-order chi connectivity index (χ0) is 21.2. The van der Waals surface area contributed by atoms with Gasteiger partial charge in [0, 0.05) is 13.1 Å². The number of halogens is 3. The van der Waals surface area contributed by atoms with Gasteiger partial charge in [-0.1, -0.05) is 19.3 Å². The predicted octanol–water partition coefficient (Wildman–Crippen LogP) is 2.56. The monoisotopic (exact) mass is 414 g/mol. The topological polar surface area (TPSA) is 91.8 Å². The molecular formula is C18H21F3N4O4. The molecular weight excluding hydrogens is 393 g/mol. The molecule has 0 unspecified atom stereocenters. The number of nitrogens with one attached hydrogen (secondary N) is 1. The highest BCUT2D eigenvalue weighted by atomic mass is 19.4. The molecule has 3 rings (SSSR count). The third-order valence-corrected chi connectivity index (χ3v) is 5.19. The van der Waals surface area contributed by atoms with Gasteiger partial charge in [0.05, 0.1) is 11.9 Å². The Balaban J connectivity index is 1.59. The second kappa shape index (κ2) is 7.88. The number of hydrogen-bond donors (Lipinski definition) is 1. The lowest BCUT2D eigenvalue weighted by Crippen LogP contribution is -2.49. The lowest BCUT2D eigenvalue weighted by molar-refractivity contribution is -0.154. The molecule has 2 aliphatic rings. The number of likely N-dealkylation sites (N-methyl/N-ethyl adjacent to an activating group) is 1. The highest BCUT2D eigenvalue weighted by Gasteiger charge is 2.55. The van der Waals surface area contributed by atoms with Gasteiger partial charge in [-0.2, -0.15) is 13.2 Å². The number of imide groups is 1. The molecule has 2 fully saturated rings. The van der Waals surface area contributed by atoms with Gasteiger partial charge in [-0.25, -0.2) is 9.78 Å². The summed E-state index contributed by atoms with van der Waals surface area (Å²) in [5.41, 5.74) is -0.663. The number of urea groups is 1. The zero-order valence-corrected chi connectivity index (χ0v) is 15.8. The number of hydrogen-bond acceptors (Lipinski definition) is 5. The third-order valence-electron chi connectivity index (χ3n) is 5.19. The van der Waals surface area contributed by atoms with Gasteiger partial charge in [-0.15, -0.1) is 0 Å². The number of aromatic nitrogens is 1. The molecule has 1 aliphatic carbocycles. The molecule has 29 heavy (non-hydrogen) atoms. The van der Waals surface area contributed by atoms with Crippen molar-refractivity contribution in [1.29, 1.82) is 0 Å². The number of carbonyl (C=O) groups excluding carboxylic acids is 3. The molecule has 0 bridgehead atoms. The van der Waals surface area contributed by atoms with Crippen LogP contribution in [0.1, 0.15) is 32.1 Å². The Kier molecular flexibility index (Phi) is 5.67. The highest BCUT2D eigenvalue weighted by Crippen LogP contribution is 2.39. The fraction of sp³-hybridized carbons (Fsp3) is 0.556. The van der Waals surface area contributed by atoms with Gasteiger partial charge in [0.1, 0.15) is 12.1 Å². The van der Waals surface area contributed by atoms with Crippen LogP contribution in [-0.4, -0.2) is 64.5 Å². The van der Waals surface area contributed by atoms with Crippen LogP contribution in [0.4, 0.5) is 23.7 Å². The van der Waals surface area contributed by atoms with Crippen LogP contribution in [-0.2, 0) is 9.59 Å². The van der Waals surface area contributed by atoms with Crippen molar-refractivity contribution in [1.82, 2.24) is 14.8 Å². The first-order chi connectivity index (χ1) is 13.6. The van der Waals surface area contributed by atoms with Gasteiger partial charge >= 0.3 is 12.2 Å². The normalized spacial score (nSPS) is 19.0. The van der Waals surface area contributed by atoms with E-state index in [1.807, 2.05) is 0 Å². The molecule has 11 heteroatoms. The van der Waals surface area contributed by atoms with Crippen molar-refractivity contribution in [3.8, 4) is 5.88 Å². The number of anilines is 1. The van der Waals surface area contributed by atoms with Crippen molar-refractivity contribution in [3.63, 3.8) is 0 Å². The van der Waals surface area contributed by atoms with Crippen molar-refractivity contribution in [3.05, 3.63) is 18.3 Å². The van der Waals surface area contributed by atoms with Crippen LogP contribution < -0.4 is 10.1 Å². The number of rotatable bonds is 5. The summed E-state index contributed by atoms with van der Waals surface area (Å²) < 4.78 is 40.9. The molecule has 0 radical (unpaired) electrons. The molecule has 0 aromatic carbocycles. The predicted molar refractivity (Wildman–Crippen MR) is 95.1 cm³/mol. The van der Waals surface area contributed by atoms with Crippen LogP contribution in [0.3, 0.4) is 0 Å². The Morgan fingerprint density at radius 1 is 1.24 bits per heavy atom. The van der Waals surface area contributed by atoms with Crippen molar-refractivity contribution in [2.75, 3.05) is 25.5 Å². The van der Waals surface area contributed by atoms with Gasteiger partial charge in [-0.05, 0) is 18.9 Å². The number of nitrogens with zero attached hydrogens (tertiary/aromatic N) is 3. The summed E-state index contributed by atoms with van der Waals surface area (Å²) in [6.45, 7) is -1.92. The van der Waals surface area contributed by atoms with E-state index in [0.717, 1.165) is 30.4 Å². The Morgan fingerprint density at radius 3 is 2.52 bits per heavy atom. The van der Waals surface area contributed by atoms with Gasteiger partial charge in [-0.3, -0.25) is 14.5 Å². The highest BCUT2D eigenvalue weighted by molar-refractivity contribution is 6.10. The maximum Gasteiger partial charge on any atom is 0.422 e. The van der Waals surface area contributed by atoms with E-state index >= 15 is 0 Å². The molecule has 1 aromatic heterocycles. The molecule has 158 valence electrons. The fourth-order valence-electron chi connectivity index (χ4n) is 3.71. The summed E-state index contributed by atoms with van der Waals surface area (Å²) in [6, 6.07) is 1.98. The molecule has 8 nitrogen and oxygen atoms in total. The van der Waals surface area contributed by atoms with E-state index in [0.29, 0.717) is 12.8 Å². The molecule has 2 heterocycles. The summed E-state index contributed by atoms with van der Waals surface area (Å²) in [6.07, 6.45) is 0.506. The quantitative estimate of drug-likeness (QED) is 0.748. The van der Waals surface area contributed by atoms with Crippen LogP contribution in [0.25, 0.3) is 0 Å². The minimum atomic E-state index is -4.48. The van der Waals surface area contributed by atoms with Gasteiger partial charge in [0.15, 0.2) is 6.61 Å². The lowest BCUT2D eigenvalue weighted by atomic mass is 9.81. The minimum absolute atomic E-state index is 0.203. The van der Waals surface area contributed by atoms with E-state index < -0.39 is 36.8 Å². The van der Waals surface area contributed by atoms with E-state index in [-0.39, 0.29) is 17.5 Å². The lowest BCUT2D eigenvalue weighted by Gasteiger charge is -2.35. The number of alkyl halides is 3. The summed E-state index contributed by atoms with van der Waals surface area (Å²) in [4.78, 5) is 43.7. The maximum atomic E-state index is 12.9. The largest absolute Gasteiger partial charge is 0.468 e. The summed E-state index contributed by atoms with van der Waals surface area (Å²) >= 11 is 0. The van der Waals surface area contributed by atoms with Crippen molar-refractivity contribution < 1.29 is 32.3 Å². The standard InChI is InChI=1S/C18H21F3N4O4/c1-24-16(28)25(15(27)17(24)7-3-2-4-8-17)10-13(26)23-12-5-6-14(22-9-12)29-11-18(19,20)21/h5-6,9H,2-4,7-8,10-11H2,1H3,(H,23,26). The SMILES string of the molecule is CN1C(=O)N(CC(=O)Nc2ccc(OCC(F)(F)F)nc2)C(=O)C12CCCCC2. The second-order valence-corrected chi connectivity index (χ2v) is 7.16. The number of amides is 4. The fourth-order valence-corrected chi connectivity index (χ4v) is 3.71. The van der Waals surface area contributed by atoms with Crippen LogP contribution in [0, 0.1) is 0 Å². The Hall–Kier alpha value is -2.85. The smallest absolute Gasteiger partial charge is 0.422 e. The van der Waals surface area contributed by atoms with Gasteiger partial charge < -0.3 is 15.0 Å². The van der Waals surface area contributed by atoms with E-state index in [1.54, 1.807) is 7.05 Å². The zero-order valence-electron chi connectivity index (χ0n) is 15.8.